The van der Waals surface area contributed by atoms with Crippen molar-refractivity contribution in [2.75, 3.05) is 0 Å². The van der Waals surface area contributed by atoms with E-state index in [9.17, 15) is 4.79 Å². The second kappa shape index (κ2) is 8.21. The zero-order chi connectivity index (χ0) is 20.3. The minimum absolute atomic E-state index is 0.0377. The fraction of sp³-hybridized carbons (Fsp3) is 0.182. The molecule has 0 radical (unpaired) electrons. The Balaban J connectivity index is 1.66. The van der Waals surface area contributed by atoms with Gasteiger partial charge in [0, 0.05) is 11.1 Å². The van der Waals surface area contributed by atoms with Gasteiger partial charge in [-0.2, -0.15) is 5.10 Å². The molecule has 4 nitrogen and oxygen atoms in total. The second-order valence-electron chi connectivity index (χ2n) is 7.33. The Labute approximate surface area is 174 Å². The first kappa shape index (κ1) is 20.2. The van der Waals surface area contributed by atoms with E-state index in [1.165, 1.54) is 6.21 Å². The van der Waals surface area contributed by atoms with Crippen LogP contribution in [0.25, 0.3) is 11.3 Å². The van der Waals surface area contributed by atoms with Crippen LogP contribution in [-0.2, 0) is 5.41 Å². The molecule has 1 heterocycles. The quantitative estimate of drug-likeness (QED) is 0.401. The van der Waals surface area contributed by atoms with Crippen LogP contribution in [0.3, 0.4) is 0 Å². The Morgan fingerprint density at radius 2 is 1.75 bits per heavy atom. The maximum atomic E-state index is 12.2. The summed E-state index contributed by atoms with van der Waals surface area (Å²) >= 11 is 12.2. The average molecular weight is 415 g/mol. The molecule has 0 saturated heterocycles. The summed E-state index contributed by atoms with van der Waals surface area (Å²) in [7, 11) is 0. The van der Waals surface area contributed by atoms with E-state index in [4.69, 9.17) is 27.6 Å². The summed E-state index contributed by atoms with van der Waals surface area (Å²) in [6.45, 7) is 6.38. The van der Waals surface area contributed by atoms with Crippen molar-refractivity contribution in [3.63, 3.8) is 0 Å². The Kier molecular flexibility index (Phi) is 5.92. The van der Waals surface area contributed by atoms with E-state index in [1.807, 2.05) is 18.2 Å². The van der Waals surface area contributed by atoms with E-state index >= 15 is 0 Å². The first-order chi connectivity index (χ1) is 13.3. The molecule has 3 rings (SSSR count). The number of carbonyl (C=O) groups is 1. The highest BCUT2D eigenvalue weighted by Gasteiger charge is 2.14. The van der Waals surface area contributed by atoms with Crippen LogP contribution in [0.4, 0.5) is 0 Å². The number of hydrogen-bond donors (Lipinski definition) is 1. The minimum Gasteiger partial charge on any atom is -0.455 e. The number of nitrogens with zero attached hydrogens (tertiary/aromatic N) is 1. The molecule has 3 aromatic rings. The monoisotopic (exact) mass is 414 g/mol. The van der Waals surface area contributed by atoms with E-state index in [0.717, 1.165) is 5.56 Å². The van der Waals surface area contributed by atoms with Gasteiger partial charge >= 0.3 is 0 Å². The van der Waals surface area contributed by atoms with Crippen molar-refractivity contribution in [2.45, 2.75) is 26.2 Å². The standard InChI is InChI=1S/C22H20Cl2N2O2/c1-22(2,3)15-9-7-14(8-10-15)21(27)26-25-13-16-11-12-19(28-16)17-5-4-6-18(23)20(17)24/h4-13H,1-3H3,(H,26,27)/b25-13+. The fourth-order valence-corrected chi connectivity index (χ4v) is 3.00. The maximum absolute atomic E-state index is 12.2. The SMILES string of the molecule is CC(C)(C)c1ccc(C(=O)N/N=C/c2ccc(-c3cccc(Cl)c3Cl)o2)cc1. The molecular weight excluding hydrogens is 395 g/mol. The van der Waals surface area contributed by atoms with Gasteiger partial charge in [0.1, 0.15) is 11.5 Å². The highest BCUT2D eigenvalue weighted by Crippen LogP contribution is 2.34. The molecule has 1 aromatic heterocycles. The van der Waals surface area contributed by atoms with Crippen molar-refractivity contribution in [3.05, 3.63) is 81.5 Å². The number of benzene rings is 2. The molecule has 0 aliphatic heterocycles. The molecule has 6 heteroatoms. The summed E-state index contributed by atoms with van der Waals surface area (Å²) in [6.07, 6.45) is 1.43. The summed E-state index contributed by atoms with van der Waals surface area (Å²) in [5.41, 5.74) is 4.93. The number of rotatable bonds is 4. The van der Waals surface area contributed by atoms with Gasteiger partial charge in [0.25, 0.3) is 5.91 Å². The molecule has 1 amide bonds. The van der Waals surface area contributed by atoms with Crippen molar-refractivity contribution in [1.82, 2.24) is 5.43 Å². The first-order valence-corrected chi connectivity index (χ1v) is 9.49. The largest absolute Gasteiger partial charge is 0.455 e. The number of nitrogens with one attached hydrogen (secondary N) is 1. The lowest BCUT2D eigenvalue weighted by molar-refractivity contribution is 0.0955. The molecule has 144 valence electrons. The lowest BCUT2D eigenvalue weighted by atomic mass is 9.87. The van der Waals surface area contributed by atoms with Crippen LogP contribution < -0.4 is 5.43 Å². The molecular formula is C22H20Cl2N2O2. The number of amides is 1. The summed E-state index contributed by atoms with van der Waals surface area (Å²) in [5, 5.41) is 4.84. The van der Waals surface area contributed by atoms with Crippen LogP contribution in [-0.4, -0.2) is 12.1 Å². The molecule has 0 atom stereocenters. The molecule has 0 bridgehead atoms. The topological polar surface area (TPSA) is 54.6 Å². The van der Waals surface area contributed by atoms with Gasteiger partial charge in [-0.15, -0.1) is 0 Å². The number of furan rings is 1. The van der Waals surface area contributed by atoms with E-state index in [2.05, 4.69) is 31.3 Å². The molecule has 0 unspecified atom stereocenters. The third-order valence-corrected chi connectivity index (χ3v) is 5.03. The number of hydrazone groups is 1. The predicted molar refractivity (Wildman–Crippen MR) is 114 cm³/mol. The van der Waals surface area contributed by atoms with Crippen molar-refractivity contribution < 1.29 is 9.21 Å². The highest BCUT2D eigenvalue weighted by molar-refractivity contribution is 6.43. The van der Waals surface area contributed by atoms with Gasteiger partial charge in [-0.3, -0.25) is 4.79 Å². The van der Waals surface area contributed by atoms with Crippen molar-refractivity contribution >= 4 is 35.3 Å². The van der Waals surface area contributed by atoms with Gasteiger partial charge < -0.3 is 4.42 Å². The van der Waals surface area contributed by atoms with E-state index in [1.54, 1.807) is 36.4 Å². The van der Waals surface area contributed by atoms with Gasteiger partial charge in [0.2, 0.25) is 0 Å². The van der Waals surface area contributed by atoms with Crippen LogP contribution >= 0.6 is 23.2 Å². The molecule has 0 aliphatic rings. The van der Waals surface area contributed by atoms with Crippen LogP contribution in [0.5, 0.6) is 0 Å². The number of carbonyl (C=O) groups excluding carboxylic acids is 1. The maximum Gasteiger partial charge on any atom is 0.271 e. The first-order valence-electron chi connectivity index (χ1n) is 8.74. The van der Waals surface area contributed by atoms with E-state index < -0.39 is 0 Å². The molecule has 0 spiro atoms. The van der Waals surface area contributed by atoms with Crippen molar-refractivity contribution in [1.29, 1.82) is 0 Å². The smallest absolute Gasteiger partial charge is 0.271 e. The molecule has 0 fully saturated rings. The Hall–Kier alpha value is -2.56. The average Bonchev–Trinajstić information content (AvgIpc) is 3.12. The zero-order valence-electron chi connectivity index (χ0n) is 15.8. The zero-order valence-corrected chi connectivity index (χ0v) is 17.3. The van der Waals surface area contributed by atoms with Gasteiger partial charge in [0.15, 0.2) is 0 Å². The highest BCUT2D eigenvalue weighted by atomic mass is 35.5. The summed E-state index contributed by atoms with van der Waals surface area (Å²) < 4.78 is 5.70. The second-order valence-corrected chi connectivity index (χ2v) is 8.12. The minimum atomic E-state index is -0.290. The molecule has 0 aliphatic carbocycles. The Bertz CT molecular complexity index is 1020. The van der Waals surface area contributed by atoms with Crippen LogP contribution in [0.2, 0.25) is 10.0 Å². The van der Waals surface area contributed by atoms with Crippen LogP contribution in [0.15, 0.2) is 64.1 Å². The fourth-order valence-electron chi connectivity index (χ4n) is 2.60. The van der Waals surface area contributed by atoms with Gasteiger partial charge in [-0.25, -0.2) is 5.43 Å². The lowest BCUT2D eigenvalue weighted by Crippen LogP contribution is -2.18. The summed E-state index contributed by atoms with van der Waals surface area (Å²) in [6, 6.07) is 16.3. The molecule has 0 saturated carbocycles. The summed E-state index contributed by atoms with van der Waals surface area (Å²) in [4.78, 5) is 12.2. The van der Waals surface area contributed by atoms with E-state index in [0.29, 0.717) is 32.7 Å². The van der Waals surface area contributed by atoms with Crippen LogP contribution in [0.1, 0.15) is 42.5 Å². The van der Waals surface area contributed by atoms with Crippen LogP contribution in [0, 0.1) is 0 Å². The van der Waals surface area contributed by atoms with Gasteiger partial charge in [0.05, 0.1) is 16.3 Å². The number of hydrogen-bond acceptors (Lipinski definition) is 3. The van der Waals surface area contributed by atoms with Gasteiger partial charge in [-0.05, 0) is 47.4 Å². The number of halogens is 2. The Morgan fingerprint density at radius 1 is 1.04 bits per heavy atom. The lowest BCUT2D eigenvalue weighted by Gasteiger charge is -2.18. The normalized spacial score (nSPS) is 11.8. The van der Waals surface area contributed by atoms with Crippen molar-refractivity contribution in [3.8, 4) is 11.3 Å². The summed E-state index contributed by atoms with van der Waals surface area (Å²) in [5.74, 6) is 0.758. The van der Waals surface area contributed by atoms with Crippen molar-refractivity contribution in [2.24, 2.45) is 5.10 Å². The third-order valence-electron chi connectivity index (χ3n) is 4.21. The third kappa shape index (κ3) is 4.64. The molecule has 28 heavy (non-hydrogen) atoms. The van der Waals surface area contributed by atoms with E-state index in [-0.39, 0.29) is 11.3 Å². The predicted octanol–water partition coefficient (Wildman–Crippen LogP) is 6.31. The Morgan fingerprint density at radius 3 is 2.43 bits per heavy atom. The molecule has 1 N–H and O–H groups in total. The van der Waals surface area contributed by atoms with Gasteiger partial charge in [-0.1, -0.05) is 62.2 Å². The molecule has 2 aromatic carbocycles.